The summed E-state index contributed by atoms with van der Waals surface area (Å²) < 4.78 is 12.1. The molecule has 0 amide bonds. The molecule has 3 heteroatoms. The van der Waals surface area contributed by atoms with Crippen LogP contribution in [0, 0.1) is 35.5 Å². The topological polar surface area (TPSA) is 35.5 Å². The number of ether oxygens (including phenoxy) is 2. The van der Waals surface area contributed by atoms with Crippen LogP contribution in [-0.2, 0) is 14.3 Å². The molecule has 126 valence electrons. The Labute approximate surface area is 135 Å². The number of rotatable bonds is 6. The van der Waals surface area contributed by atoms with Crippen LogP contribution in [-0.4, -0.2) is 18.4 Å². The molecule has 4 fully saturated rings. The van der Waals surface area contributed by atoms with E-state index in [0.717, 1.165) is 18.3 Å². The van der Waals surface area contributed by atoms with Crippen LogP contribution in [0.25, 0.3) is 0 Å². The minimum atomic E-state index is -0.371. The maximum absolute atomic E-state index is 12.1. The van der Waals surface area contributed by atoms with Gasteiger partial charge in [-0.15, -0.1) is 0 Å². The van der Waals surface area contributed by atoms with Gasteiger partial charge in [-0.1, -0.05) is 27.7 Å². The van der Waals surface area contributed by atoms with Gasteiger partial charge in [-0.25, -0.2) is 0 Å². The van der Waals surface area contributed by atoms with Crippen molar-refractivity contribution in [2.75, 3.05) is 0 Å². The summed E-state index contributed by atoms with van der Waals surface area (Å²) in [7, 11) is 0. The molecule has 4 saturated carbocycles. The molecule has 2 unspecified atom stereocenters. The van der Waals surface area contributed by atoms with Gasteiger partial charge in [0.1, 0.15) is 0 Å². The van der Waals surface area contributed by atoms with Gasteiger partial charge in [0.15, 0.2) is 0 Å². The van der Waals surface area contributed by atoms with E-state index in [1.165, 1.54) is 32.1 Å². The van der Waals surface area contributed by atoms with E-state index in [-0.39, 0.29) is 24.1 Å². The zero-order valence-corrected chi connectivity index (χ0v) is 14.6. The molecule has 0 spiro atoms. The summed E-state index contributed by atoms with van der Waals surface area (Å²) in [5.74, 6) is 3.38. The largest absolute Gasteiger partial charge is 0.435 e. The molecule has 4 rings (SSSR count). The third-order valence-electron chi connectivity index (χ3n) is 6.22. The number of esters is 1. The summed E-state index contributed by atoms with van der Waals surface area (Å²) >= 11 is 0. The Hall–Kier alpha value is -0.570. The highest BCUT2D eigenvalue weighted by Crippen LogP contribution is 2.55. The van der Waals surface area contributed by atoms with E-state index >= 15 is 0 Å². The fourth-order valence-electron chi connectivity index (χ4n) is 4.97. The van der Waals surface area contributed by atoms with Crippen LogP contribution >= 0.6 is 0 Å². The van der Waals surface area contributed by atoms with Gasteiger partial charge in [0.25, 0.3) is 0 Å². The molecule has 0 N–H and O–H groups in total. The van der Waals surface area contributed by atoms with E-state index in [4.69, 9.17) is 9.47 Å². The highest BCUT2D eigenvalue weighted by Gasteiger charge is 2.49. The SMILES string of the molecule is CCC(C)C(=O)OC(OC1C2CC3CC(C2)CC1C3)C(C)C. The molecule has 0 aromatic heterocycles. The molecule has 3 nitrogen and oxygen atoms in total. The van der Waals surface area contributed by atoms with Crippen molar-refractivity contribution in [2.24, 2.45) is 35.5 Å². The summed E-state index contributed by atoms with van der Waals surface area (Å²) in [6.45, 7) is 8.13. The van der Waals surface area contributed by atoms with Gasteiger partial charge < -0.3 is 9.47 Å². The average Bonchev–Trinajstić information content (AvgIpc) is 2.47. The lowest BCUT2D eigenvalue weighted by Crippen LogP contribution is -2.51. The van der Waals surface area contributed by atoms with E-state index in [9.17, 15) is 4.79 Å². The molecule has 4 bridgehead atoms. The Kier molecular flexibility index (Phi) is 4.82. The number of hydrogen-bond acceptors (Lipinski definition) is 3. The first-order valence-corrected chi connectivity index (χ1v) is 9.33. The lowest BCUT2D eigenvalue weighted by Gasteiger charge is -2.54. The van der Waals surface area contributed by atoms with Crippen LogP contribution in [0.5, 0.6) is 0 Å². The van der Waals surface area contributed by atoms with Gasteiger partial charge in [-0.05, 0) is 62.2 Å². The van der Waals surface area contributed by atoms with Gasteiger partial charge >= 0.3 is 5.97 Å². The second-order valence-corrected chi connectivity index (χ2v) is 8.39. The fourth-order valence-corrected chi connectivity index (χ4v) is 4.97. The summed E-state index contributed by atoms with van der Waals surface area (Å²) in [6, 6.07) is 0. The number of carbonyl (C=O) groups excluding carboxylic acids is 1. The van der Waals surface area contributed by atoms with Crippen molar-refractivity contribution in [1.29, 1.82) is 0 Å². The predicted molar refractivity (Wildman–Crippen MR) is 86.1 cm³/mol. The van der Waals surface area contributed by atoms with Crippen LogP contribution in [0.4, 0.5) is 0 Å². The molecule has 0 aliphatic heterocycles. The molecule has 0 saturated heterocycles. The van der Waals surface area contributed by atoms with E-state index < -0.39 is 0 Å². The van der Waals surface area contributed by atoms with Gasteiger partial charge in [-0.2, -0.15) is 0 Å². The molecular weight excluding hydrogens is 276 g/mol. The molecule has 4 aliphatic rings. The monoisotopic (exact) mass is 308 g/mol. The quantitative estimate of drug-likeness (QED) is 0.539. The molecule has 0 aromatic carbocycles. The summed E-state index contributed by atoms with van der Waals surface area (Å²) in [5, 5.41) is 0. The zero-order chi connectivity index (χ0) is 15.9. The molecule has 0 aromatic rings. The number of carbonyl (C=O) groups is 1. The van der Waals surface area contributed by atoms with Gasteiger partial charge in [0.05, 0.1) is 12.0 Å². The third-order valence-corrected chi connectivity index (χ3v) is 6.22. The van der Waals surface area contributed by atoms with E-state index in [0.29, 0.717) is 17.9 Å². The second-order valence-electron chi connectivity index (χ2n) is 8.39. The van der Waals surface area contributed by atoms with Crippen molar-refractivity contribution in [3.05, 3.63) is 0 Å². The molecule has 2 atom stereocenters. The van der Waals surface area contributed by atoms with Gasteiger partial charge in [0, 0.05) is 5.92 Å². The fraction of sp³-hybridized carbons (Fsp3) is 0.947. The lowest BCUT2D eigenvalue weighted by molar-refractivity contribution is -0.238. The molecular formula is C19H32O3. The van der Waals surface area contributed by atoms with E-state index in [1.54, 1.807) is 0 Å². The molecule has 0 radical (unpaired) electrons. The lowest BCUT2D eigenvalue weighted by atomic mass is 9.55. The summed E-state index contributed by atoms with van der Waals surface area (Å²) in [5.41, 5.74) is 0. The summed E-state index contributed by atoms with van der Waals surface area (Å²) in [4.78, 5) is 12.1. The Morgan fingerprint density at radius 3 is 2.00 bits per heavy atom. The molecule has 22 heavy (non-hydrogen) atoms. The number of hydrogen-bond donors (Lipinski definition) is 0. The van der Waals surface area contributed by atoms with Crippen LogP contribution in [0.3, 0.4) is 0 Å². The first-order chi connectivity index (χ1) is 10.5. The normalized spacial score (nSPS) is 39.0. The van der Waals surface area contributed by atoms with Crippen molar-refractivity contribution in [3.63, 3.8) is 0 Å². The Morgan fingerprint density at radius 2 is 1.55 bits per heavy atom. The van der Waals surface area contributed by atoms with Crippen LogP contribution < -0.4 is 0 Å². The van der Waals surface area contributed by atoms with Crippen molar-refractivity contribution in [3.8, 4) is 0 Å². The molecule has 0 heterocycles. The average molecular weight is 308 g/mol. The van der Waals surface area contributed by atoms with Crippen molar-refractivity contribution >= 4 is 5.97 Å². The second kappa shape index (κ2) is 6.51. The smallest absolute Gasteiger partial charge is 0.310 e. The Bertz CT molecular complexity index is 375. The third kappa shape index (κ3) is 3.20. The minimum Gasteiger partial charge on any atom is -0.435 e. The summed E-state index contributed by atoms with van der Waals surface area (Å²) in [6.07, 6.45) is 7.57. The van der Waals surface area contributed by atoms with Crippen LogP contribution in [0.2, 0.25) is 0 Å². The maximum Gasteiger partial charge on any atom is 0.310 e. The Morgan fingerprint density at radius 1 is 1.00 bits per heavy atom. The van der Waals surface area contributed by atoms with Gasteiger partial charge in [0.2, 0.25) is 6.29 Å². The van der Waals surface area contributed by atoms with Crippen LogP contribution in [0.1, 0.15) is 66.2 Å². The minimum absolute atomic E-state index is 0.0386. The van der Waals surface area contributed by atoms with Crippen molar-refractivity contribution in [2.45, 2.75) is 78.6 Å². The van der Waals surface area contributed by atoms with Gasteiger partial charge in [-0.3, -0.25) is 4.79 Å². The first-order valence-electron chi connectivity index (χ1n) is 9.33. The van der Waals surface area contributed by atoms with Crippen LogP contribution in [0.15, 0.2) is 0 Å². The highest BCUT2D eigenvalue weighted by atomic mass is 16.7. The van der Waals surface area contributed by atoms with Crippen molar-refractivity contribution in [1.82, 2.24) is 0 Å². The highest BCUT2D eigenvalue weighted by molar-refractivity contribution is 5.72. The van der Waals surface area contributed by atoms with Crippen molar-refractivity contribution < 1.29 is 14.3 Å². The Balaban J connectivity index is 1.63. The first kappa shape index (κ1) is 16.3. The van der Waals surface area contributed by atoms with E-state index in [2.05, 4.69) is 13.8 Å². The molecule has 4 aliphatic carbocycles. The maximum atomic E-state index is 12.1. The van der Waals surface area contributed by atoms with E-state index in [1.807, 2.05) is 13.8 Å². The zero-order valence-electron chi connectivity index (χ0n) is 14.6. The standard InChI is InChI=1S/C19H32O3/c1-5-12(4)18(20)22-19(11(2)3)21-17-15-7-13-6-14(9-15)10-16(17)8-13/h11-17,19H,5-10H2,1-4H3. The predicted octanol–water partition coefficient (Wildman–Crippen LogP) is 4.40.